The number of piperidine rings is 1. The van der Waals surface area contributed by atoms with Crippen molar-refractivity contribution in [3.63, 3.8) is 0 Å². The SMILES string of the molecule is Cc1oc(C)c(C(=O)N(CC2CCCNC2)C2CC2)c1C. The first-order valence-electron chi connectivity index (χ1n) is 8.16. The molecule has 0 radical (unpaired) electrons. The maximum Gasteiger partial charge on any atom is 0.257 e. The van der Waals surface area contributed by atoms with Crippen LogP contribution < -0.4 is 5.32 Å². The van der Waals surface area contributed by atoms with Crippen molar-refractivity contribution in [3.8, 4) is 0 Å². The molecule has 1 unspecified atom stereocenters. The molecule has 2 fully saturated rings. The van der Waals surface area contributed by atoms with E-state index in [2.05, 4.69) is 10.2 Å². The zero-order chi connectivity index (χ0) is 15.0. The van der Waals surface area contributed by atoms with Gasteiger partial charge >= 0.3 is 0 Å². The zero-order valence-corrected chi connectivity index (χ0v) is 13.4. The standard InChI is InChI=1S/C17H26N2O2/c1-11-12(2)21-13(3)16(11)17(20)19(15-6-7-15)10-14-5-4-8-18-9-14/h14-15,18H,4-10H2,1-3H3. The van der Waals surface area contributed by atoms with Gasteiger partial charge in [0.1, 0.15) is 11.5 Å². The minimum absolute atomic E-state index is 0.176. The molecular weight excluding hydrogens is 264 g/mol. The first-order chi connectivity index (χ1) is 10.1. The van der Waals surface area contributed by atoms with E-state index < -0.39 is 0 Å². The topological polar surface area (TPSA) is 45.5 Å². The van der Waals surface area contributed by atoms with Gasteiger partial charge in [0.05, 0.1) is 5.56 Å². The van der Waals surface area contributed by atoms with Gasteiger partial charge in [0.2, 0.25) is 0 Å². The number of nitrogens with zero attached hydrogens (tertiary/aromatic N) is 1. The summed E-state index contributed by atoms with van der Waals surface area (Å²) in [5.41, 5.74) is 1.80. The van der Waals surface area contributed by atoms with Crippen molar-refractivity contribution in [1.82, 2.24) is 10.2 Å². The van der Waals surface area contributed by atoms with Gasteiger partial charge in [0, 0.05) is 18.2 Å². The molecule has 1 N–H and O–H groups in total. The van der Waals surface area contributed by atoms with Gasteiger partial charge in [-0.15, -0.1) is 0 Å². The van der Waals surface area contributed by atoms with Crippen LogP contribution in [0.5, 0.6) is 0 Å². The molecule has 3 rings (SSSR count). The van der Waals surface area contributed by atoms with Crippen molar-refractivity contribution >= 4 is 5.91 Å². The second-order valence-corrected chi connectivity index (χ2v) is 6.62. The number of furan rings is 1. The summed E-state index contributed by atoms with van der Waals surface area (Å²) in [6.45, 7) is 8.88. The van der Waals surface area contributed by atoms with Crippen LogP contribution in [0.1, 0.15) is 53.1 Å². The Kier molecular flexibility index (Phi) is 4.07. The van der Waals surface area contributed by atoms with Gasteiger partial charge in [0.15, 0.2) is 0 Å². The normalized spacial score (nSPS) is 22.3. The summed E-state index contributed by atoms with van der Waals surface area (Å²) in [4.78, 5) is 15.1. The van der Waals surface area contributed by atoms with Crippen LogP contribution in [-0.4, -0.2) is 36.5 Å². The van der Waals surface area contributed by atoms with E-state index in [0.29, 0.717) is 12.0 Å². The van der Waals surface area contributed by atoms with Gasteiger partial charge in [-0.05, 0) is 65.5 Å². The van der Waals surface area contributed by atoms with E-state index >= 15 is 0 Å². The minimum atomic E-state index is 0.176. The van der Waals surface area contributed by atoms with Crippen LogP contribution in [0.2, 0.25) is 0 Å². The maximum atomic E-state index is 13.0. The molecule has 1 atom stereocenters. The van der Waals surface area contributed by atoms with Crippen molar-refractivity contribution in [1.29, 1.82) is 0 Å². The lowest BCUT2D eigenvalue weighted by molar-refractivity contribution is 0.0701. The summed E-state index contributed by atoms with van der Waals surface area (Å²) < 4.78 is 5.65. The fourth-order valence-electron chi connectivity index (χ4n) is 3.39. The number of carbonyl (C=O) groups is 1. The van der Waals surface area contributed by atoms with Gasteiger partial charge in [-0.25, -0.2) is 0 Å². The second-order valence-electron chi connectivity index (χ2n) is 6.62. The van der Waals surface area contributed by atoms with E-state index in [1.165, 1.54) is 12.8 Å². The third-order valence-electron chi connectivity index (χ3n) is 4.88. The lowest BCUT2D eigenvalue weighted by Crippen LogP contribution is -2.42. The first kappa shape index (κ1) is 14.6. The fraction of sp³-hybridized carbons (Fsp3) is 0.706. The van der Waals surface area contributed by atoms with Crippen LogP contribution >= 0.6 is 0 Å². The van der Waals surface area contributed by atoms with Crippen LogP contribution in [0.3, 0.4) is 0 Å². The zero-order valence-electron chi connectivity index (χ0n) is 13.4. The highest BCUT2D eigenvalue weighted by molar-refractivity contribution is 5.97. The lowest BCUT2D eigenvalue weighted by atomic mass is 9.98. The molecular formula is C17H26N2O2. The molecule has 1 amide bonds. The highest BCUT2D eigenvalue weighted by atomic mass is 16.3. The Bertz CT molecular complexity index is 525. The van der Waals surface area contributed by atoms with Gasteiger partial charge in [-0.2, -0.15) is 0 Å². The summed E-state index contributed by atoms with van der Waals surface area (Å²) in [7, 11) is 0. The third-order valence-corrected chi connectivity index (χ3v) is 4.88. The number of aryl methyl sites for hydroxylation is 2. The Morgan fingerprint density at radius 3 is 2.52 bits per heavy atom. The highest BCUT2D eigenvalue weighted by Gasteiger charge is 2.36. The minimum Gasteiger partial charge on any atom is -0.466 e. The van der Waals surface area contributed by atoms with Crippen LogP contribution in [0.15, 0.2) is 4.42 Å². The summed E-state index contributed by atoms with van der Waals surface area (Å²) in [5.74, 6) is 2.40. The molecule has 1 saturated carbocycles. The molecule has 1 aromatic rings. The molecule has 2 heterocycles. The smallest absolute Gasteiger partial charge is 0.257 e. The molecule has 2 aliphatic rings. The molecule has 4 nitrogen and oxygen atoms in total. The van der Waals surface area contributed by atoms with Crippen molar-refractivity contribution in [2.45, 2.75) is 52.5 Å². The van der Waals surface area contributed by atoms with E-state index in [4.69, 9.17) is 4.42 Å². The summed E-state index contributed by atoms with van der Waals surface area (Å²) in [6, 6.07) is 0.452. The number of hydrogen-bond donors (Lipinski definition) is 1. The first-order valence-corrected chi connectivity index (χ1v) is 8.16. The molecule has 1 aliphatic heterocycles. The summed E-state index contributed by atoms with van der Waals surface area (Å²) >= 11 is 0. The number of amides is 1. The molecule has 21 heavy (non-hydrogen) atoms. The van der Waals surface area contributed by atoms with Gasteiger partial charge in [0.25, 0.3) is 5.91 Å². The van der Waals surface area contributed by atoms with Gasteiger partial charge < -0.3 is 14.6 Å². The van der Waals surface area contributed by atoms with E-state index in [0.717, 1.165) is 55.1 Å². The monoisotopic (exact) mass is 290 g/mol. The molecule has 1 aliphatic carbocycles. The molecule has 0 spiro atoms. The van der Waals surface area contributed by atoms with Crippen molar-refractivity contribution in [3.05, 3.63) is 22.6 Å². The Morgan fingerprint density at radius 2 is 2.00 bits per heavy atom. The average Bonchev–Trinajstić information content (AvgIpc) is 3.26. The highest BCUT2D eigenvalue weighted by Crippen LogP contribution is 2.32. The summed E-state index contributed by atoms with van der Waals surface area (Å²) in [5, 5.41) is 3.45. The Balaban J connectivity index is 1.78. The van der Waals surface area contributed by atoms with Crippen LogP contribution in [0, 0.1) is 26.7 Å². The molecule has 116 valence electrons. The van der Waals surface area contributed by atoms with Gasteiger partial charge in [-0.1, -0.05) is 0 Å². The van der Waals surface area contributed by atoms with E-state index in [-0.39, 0.29) is 5.91 Å². The van der Waals surface area contributed by atoms with E-state index in [1.807, 2.05) is 20.8 Å². The van der Waals surface area contributed by atoms with Gasteiger partial charge in [-0.3, -0.25) is 4.79 Å². The molecule has 0 bridgehead atoms. The maximum absolute atomic E-state index is 13.0. The van der Waals surface area contributed by atoms with E-state index in [9.17, 15) is 4.79 Å². The quantitative estimate of drug-likeness (QED) is 0.927. The number of carbonyl (C=O) groups excluding carboxylic acids is 1. The van der Waals surface area contributed by atoms with Crippen LogP contribution in [0.25, 0.3) is 0 Å². The average molecular weight is 290 g/mol. The number of rotatable bonds is 4. The van der Waals surface area contributed by atoms with Crippen molar-refractivity contribution in [2.75, 3.05) is 19.6 Å². The molecule has 4 heteroatoms. The Morgan fingerprint density at radius 1 is 1.24 bits per heavy atom. The predicted molar refractivity (Wildman–Crippen MR) is 82.6 cm³/mol. The fourth-order valence-corrected chi connectivity index (χ4v) is 3.39. The second kappa shape index (κ2) is 5.84. The number of nitrogens with one attached hydrogen (secondary N) is 1. The molecule has 0 aromatic carbocycles. The van der Waals surface area contributed by atoms with E-state index in [1.54, 1.807) is 0 Å². The van der Waals surface area contributed by atoms with Crippen molar-refractivity contribution in [2.24, 2.45) is 5.92 Å². The third kappa shape index (κ3) is 3.00. The largest absolute Gasteiger partial charge is 0.466 e. The molecule has 1 saturated heterocycles. The molecule has 1 aromatic heterocycles. The Hall–Kier alpha value is -1.29. The summed E-state index contributed by atoms with van der Waals surface area (Å²) in [6.07, 6.45) is 4.76. The Labute approximate surface area is 126 Å². The van der Waals surface area contributed by atoms with Crippen LogP contribution in [0.4, 0.5) is 0 Å². The number of hydrogen-bond acceptors (Lipinski definition) is 3. The predicted octanol–water partition coefficient (Wildman–Crippen LogP) is 2.81. The van der Waals surface area contributed by atoms with Crippen molar-refractivity contribution < 1.29 is 9.21 Å². The van der Waals surface area contributed by atoms with Crippen LogP contribution in [-0.2, 0) is 0 Å². The lowest BCUT2D eigenvalue weighted by Gasteiger charge is -2.30.